The zero-order valence-electron chi connectivity index (χ0n) is 19.0. The van der Waals surface area contributed by atoms with E-state index in [0.29, 0.717) is 49.2 Å². The number of amides is 1. The fourth-order valence-electron chi connectivity index (χ4n) is 3.64. The van der Waals surface area contributed by atoms with Crippen LogP contribution < -0.4 is 18.9 Å². The minimum atomic E-state index is -3.89. The molecular formula is C25H26N2O6S. The lowest BCUT2D eigenvalue weighted by Crippen LogP contribution is -2.31. The van der Waals surface area contributed by atoms with Gasteiger partial charge in [-0.25, -0.2) is 8.42 Å². The van der Waals surface area contributed by atoms with Crippen LogP contribution in [0.3, 0.4) is 0 Å². The largest absolute Gasteiger partial charge is 0.497 e. The van der Waals surface area contributed by atoms with Crippen molar-refractivity contribution in [3.05, 3.63) is 77.9 Å². The molecule has 0 spiro atoms. The van der Waals surface area contributed by atoms with Crippen molar-refractivity contribution in [2.75, 3.05) is 31.6 Å². The Morgan fingerprint density at radius 3 is 2.50 bits per heavy atom. The number of benzene rings is 3. The van der Waals surface area contributed by atoms with Gasteiger partial charge in [0.25, 0.3) is 15.9 Å². The molecule has 34 heavy (non-hydrogen) atoms. The van der Waals surface area contributed by atoms with E-state index in [1.807, 2.05) is 25.1 Å². The molecule has 1 heterocycles. The predicted octanol–water partition coefficient (Wildman–Crippen LogP) is 3.93. The highest BCUT2D eigenvalue weighted by atomic mass is 32.2. The monoisotopic (exact) mass is 482 g/mol. The zero-order chi connectivity index (χ0) is 24.1. The van der Waals surface area contributed by atoms with Gasteiger partial charge >= 0.3 is 0 Å². The summed E-state index contributed by atoms with van der Waals surface area (Å²) in [5.41, 5.74) is 1.50. The molecule has 0 atom stereocenters. The van der Waals surface area contributed by atoms with Gasteiger partial charge in [0.05, 0.1) is 12.0 Å². The van der Waals surface area contributed by atoms with Gasteiger partial charge in [-0.15, -0.1) is 0 Å². The predicted molar refractivity (Wildman–Crippen MR) is 128 cm³/mol. The smallest absolute Gasteiger partial charge is 0.261 e. The average Bonchev–Trinajstić information content (AvgIpc) is 2.87. The number of sulfonamides is 1. The maximum Gasteiger partial charge on any atom is 0.261 e. The molecule has 0 saturated carbocycles. The summed E-state index contributed by atoms with van der Waals surface area (Å²) in [5, 5.41) is 0. The Hall–Kier alpha value is -3.72. The molecule has 9 heteroatoms. The third-order valence-electron chi connectivity index (χ3n) is 5.41. The lowest BCUT2D eigenvalue weighted by atomic mass is 10.1. The van der Waals surface area contributed by atoms with E-state index in [4.69, 9.17) is 14.2 Å². The van der Waals surface area contributed by atoms with Crippen molar-refractivity contribution in [2.45, 2.75) is 18.4 Å². The number of para-hydroxylation sites is 1. The van der Waals surface area contributed by atoms with E-state index < -0.39 is 10.0 Å². The van der Waals surface area contributed by atoms with E-state index in [1.54, 1.807) is 41.3 Å². The third kappa shape index (κ3) is 5.09. The molecule has 8 nitrogen and oxygen atoms in total. The number of fused-ring (bicyclic) bond motifs is 1. The normalized spacial score (nSPS) is 12.6. The molecule has 1 aliphatic rings. The quantitative estimate of drug-likeness (QED) is 0.523. The maximum absolute atomic E-state index is 13.3. The van der Waals surface area contributed by atoms with Crippen molar-refractivity contribution in [1.82, 2.24) is 4.90 Å². The summed E-state index contributed by atoms with van der Waals surface area (Å²) in [4.78, 5) is 14.9. The second-order valence-corrected chi connectivity index (χ2v) is 9.30. The average molecular weight is 483 g/mol. The van der Waals surface area contributed by atoms with Gasteiger partial charge in [-0.2, -0.15) is 0 Å². The zero-order valence-corrected chi connectivity index (χ0v) is 19.8. The molecule has 3 aromatic rings. The van der Waals surface area contributed by atoms with Crippen molar-refractivity contribution in [1.29, 1.82) is 0 Å². The van der Waals surface area contributed by atoms with Crippen molar-refractivity contribution in [3.63, 3.8) is 0 Å². The Bertz CT molecular complexity index is 1270. The fourth-order valence-corrected chi connectivity index (χ4v) is 4.75. The Balaban J connectivity index is 1.54. The van der Waals surface area contributed by atoms with Gasteiger partial charge in [0, 0.05) is 29.9 Å². The second-order valence-electron chi connectivity index (χ2n) is 7.62. The molecule has 0 bridgehead atoms. The Morgan fingerprint density at radius 1 is 1.03 bits per heavy atom. The van der Waals surface area contributed by atoms with E-state index in [2.05, 4.69) is 4.72 Å². The summed E-state index contributed by atoms with van der Waals surface area (Å²) in [7, 11) is -2.35. The van der Waals surface area contributed by atoms with Gasteiger partial charge in [-0.1, -0.05) is 18.2 Å². The van der Waals surface area contributed by atoms with Crippen LogP contribution in [0.1, 0.15) is 22.8 Å². The topological polar surface area (TPSA) is 94.2 Å². The summed E-state index contributed by atoms with van der Waals surface area (Å²) in [6.07, 6.45) is 0. The van der Waals surface area contributed by atoms with Gasteiger partial charge in [0.2, 0.25) is 0 Å². The Morgan fingerprint density at radius 2 is 1.76 bits per heavy atom. The van der Waals surface area contributed by atoms with Crippen LogP contribution in [0.5, 0.6) is 17.2 Å². The molecule has 1 amide bonds. The maximum atomic E-state index is 13.3. The van der Waals surface area contributed by atoms with Crippen LogP contribution in [0.25, 0.3) is 0 Å². The minimum absolute atomic E-state index is 0.000884. The number of hydrogen-bond acceptors (Lipinski definition) is 6. The molecule has 0 unspecified atom stereocenters. The Kier molecular flexibility index (Phi) is 6.93. The molecule has 178 valence electrons. The van der Waals surface area contributed by atoms with Crippen molar-refractivity contribution < 1.29 is 27.4 Å². The summed E-state index contributed by atoms with van der Waals surface area (Å²) in [5.74, 6) is 1.63. The first-order valence-electron chi connectivity index (χ1n) is 10.8. The number of carbonyl (C=O) groups is 1. The minimum Gasteiger partial charge on any atom is -0.497 e. The van der Waals surface area contributed by atoms with Gasteiger partial charge < -0.3 is 19.1 Å². The molecule has 0 radical (unpaired) electrons. The van der Waals surface area contributed by atoms with Gasteiger partial charge in [0.1, 0.15) is 19.0 Å². The van der Waals surface area contributed by atoms with Gasteiger partial charge in [-0.05, 0) is 55.5 Å². The third-order valence-corrected chi connectivity index (χ3v) is 6.79. The van der Waals surface area contributed by atoms with Gasteiger partial charge in [0.15, 0.2) is 11.5 Å². The molecular weight excluding hydrogens is 456 g/mol. The summed E-state index contributed by atoms with van der Waals surface area (Å²) in [6.45, 7) is 3.55. The summed E-state index contributed by atoms with van der Waals surface area (Å²) in [6, 6.07) is 18.1. The van der Waals surface area contributed by atoms with E-state index in [0.717, 1.165) is 5.56 Å². The van der Waals surface area contributed by atoms with E-state index >= 15 is 0 Å². The van der Waals surface area contributed by atoms with Crippen LogP contribution >= 0.6 is 0 Å². The number of ether oxygens (including phenoxy) is 3. The summed E-state index contributed by atoms with van der Waals surface area (Å²) < 4.78 is 44.9. The first-order chi connectivity index (χ1) is 16.4. The molecule has 0 aliphatic carbocycles. The van der Waals surface area contributed by atoms with Crippen LogP contribution in [0.15, 0.2) is 71.6 Å². The highest BCUT2D eigenvalue weighted by molar-refractivity contribution is 7.92. The first-order valence-corrected chi connectivity index (χ1v) is 12.3. The Labute approximate surface area is 199 Å². The lowest BCUT2D eigenvalue weighted by Gasteiger charge is -2.25. The van der Waals surface area contributed by atoms with Crippen molar-refractivity contribution in [2.24, 2.45) is 0 Å². The second kappa shape index (κ2) is 10.0. The van der Waals surface area contributed by atoms with E-state index in [9.17, 15) is 13.2 Å². The van der Waals surface area contributed by atoms with E-state index in [-0.39, 0.29) is 16.4 Å². The molecule has 0 saturated heterocycles. The van der Waals surface area contributed by atoms with Crippen LogP contribution in [-0.4, -0.2) is 46.1 Å². The van der Waals surface area contributed by atoms with E-state index in [1.165, 1.54) is 19.2 Å². The van der Waals surface area contributed by atoms with Crippen molar-refractivity contribution in [3.8, 4) is 17.2 Å². The number of carbonyl (C=O) groups excluding carboxylic acids is 1. The first kappa shape index (κ1) is 23.4. The van der Waals surface area contributed by atoms with Crippen LogP contribution in [0.4, 0.5) is 5.69 Å². The number of anilines is 1. The number of hydrogen-bond donors (Lipinski definition) is 1. The standard InChI is InChI=1S/C25H26N2O6S/c1-3-27(17-19-7-5-9-23-24(19)33-15-14-32-23)25(28)18-6-4-8-22(16-18)34(29,30)26-20-10-12-21(31-2)13-11-20/h4-13,16,26H,3,14-15,17H2,1-2H3. The molecule has 0 fully saturated rings. The number of methoxy groups -OCH3 is 1. The molecule has 4 rings (SSSR count). The molecule has 3 aromatic carbocycles. The number of nitrogens with zero attached hydrogens (tertiary/aromatic N) is 1. The highest BCUT2D eigenvalue weighted by Gasteiger charge is 2.22. The van der Waals surface area contributed by atoms with Crippen LogP contribution in [0.2, 0.25) is 0 Å². The molecule has 1 aliphatic heterocycles. The SMILES string of the molecule is CCN(Cc1cccc2c1OCCO2)C(=O)c1cccc(S(=O)(=O)Nc2ccc(OC)cc2)c1. The lowest BCUT2D eigenvalue weighted by molar-refractivity contribution is 0.0749. The van der Waals surface area contributed by atoms with Gasteiger partial charge in [-0.3, -0.25) is 9.52 Å². The van der Waals surface area contributed by atoms with Crippen LogP contribution in [-0.2, 0) is 16.6 Å². The number of rotatable bonds is 8. The molecule has 1 N–H and O–H groups in total. The fraction of sp³-hybridized carbons (Fsp3) is 0.240. The van der Waals surface area contributed by atoms with Crippen molar-refractivity contribution >= 4 is 21.6 Å². The summed E-state index contributed by atoms with van der Waals surface area (Å²) >= 11 is 0. The molecule has 0 aromatic heterocycles. The number of nitrogens with one attached hydrogen (secondary N) is 1. The highest BCUT2D eigenvalue weighted by Crippen LogP contribution is 2.34. The van der Waals surface area contributed by atoms with Crippen LogP contribution in [0, 0.1) is 0 Å².